The zero-order valence-electron chi connectivity index (χ0n) is 18.4. The second-order valence-electron chi connectivity index (χ2n) is 8.59. The molecule has 1 fully saturated rings. The van der Waals surface area contributed by atoms with Crippen molar-refractivity contribution in [3.8, 4) is 5.69 Å². The summed E-state index contributed by atoms with van der Waals surface area (Å²) in [6, 6.07) is 13.7. The molecule has 0 spiro atoms. The maximum atomic E-state index is 13.4. The van der Waals surface area contributed by atoms with Gasteiger partial charge >= 0.3 is 0 Å². The fraction of sp³-hybridized carbons (Fsp3) is 0.280. The molecule has 0 unspecified atom stereocenters. The van der Waals surface area contributed by atoms with Crippen molar-refractivity contribution < 1.29 is 4.79 Å². The predicted octanol–water partition coefficient (Wildman–Crippen LogP) is 4.02. The van der Waals surface area contributed by atoms with E-state index in [0.29, 0.717) is 11.4 Å². The molecular weight excluding hydrogens is 402 g/mol. The fourth-order valence-corrected chi connectivity index (χ4v) is 4.12. The summed E-state index contributed by atoms with van der Waals surface area (Å²) in [6.45, 7) is 5.79. The number of benzene rings is 2. The van der Waals surface area contributed by atoms with Crippen LogP contribution in [-0.2, 0) is 11.3 Å². The van der Waals surface area contributed by atoms with Crippen molar-refractivity contribution in [3.63, 3.8) is 0 Å². The van der Waals surface area contributed by atoms with Gasteiger partial charge in [-0.25, -0.2) is 9.36 Å². The second kappa shape index (κ2) is 7.75. The number of para-hydroxylation sites is 1. The van der Waals surface area contributed by atoms with Gasteiger partial charge in [-0.2, -0.15) is 10.2 Å². The van der Waals surface area contributed by atoms with E-state index in [2.05, 4.69) is 15.5 Å². The standard InChI is InChI=1S/C25H25N5O2/c1-15-8-11-20(17(3)12-15)27-22(31)14-29-25(32)24-19(23(28-29)18-9-10-18)13-26-30(24)21-7-5-4-6-16(21)2/h4-8,11-13,18H,9-10,14H2,1-3H3,(H,27,31). The van der Waals surface area contributed by atoms with Crippen LogP contribution in [0.1, 0.15) is 41.1 Å². The van der Waals surface area contributed by atoms with Crippen LogP contribution >= 0.6 is 0 Å². The lowest BCUT2D eigenvalue weighted by molar-refractivity contribution is -0.117. The van der Waals surface area contributed by atoms with Gasteiger partial charge in [0.15, 0.2) is 0 Å². The summed E-state index contributed by atoms with van der Waals surface area (Å²) in [5, 5.41) is 12.8. The Morgan fingerprint density at radius 1 is 1.09 bits per heavy atom. The van der Waals surface area contributed by atoms with Crippen LogP contribution in [0.15, 0.2) is 53.5 Å². The average molecular weight is 428 g/mol. The molecule has 1 aliphatic rings. The molecule has 1 amide bonds. The molecule has 5 rings (SSSR count). The molecule has 2 heterocycles. The van der Waals surface area contributed by atoms with Crippen LogP contribution in [-0.4, -0.2) is 25.5 Å². The number of hydrogen-bond donors (Lipinski definition) is 1. The molecule has 1 aliphatic carbocycles. The highest BCUT2D eigenvalue weighted by atomic mass is 16.2. The largest absolute Gasteiger partial charge is 0.324 e. The second-order valence-corrected chi connectivity index (χ2v) is 8.59. The minimum absolute atomic E-state index is 0.152. The SMILES string of the molecule is Cc1ccc(NC(=O)Cn2nc(C3CC3)c3cnn(-c4ccccc4C)c3c2=O)c(C)c1. The third-order valence-electron chi connectivity index (χ3n) is 5.97. The number of hydrogen-bond acceptors (Lipinski definition) is 4. The summed E-state index contributed by atoms with van der Waals surface area (Å²) in [7, 11) is 0. The number of aromatic nitrogens is 4. The van der Waals surface area contributed by atoms with Crippen LogP contribution in [0.3, 0.4) is 0 Å². The summed E-state index contributed by atoms with van der Waals surface area (Å²) in [5.41, 5.74) is 5.70. The number of nitrogens with zero attached hydrogens (tertiary/aromatic N) is 4. The first kappa shape index (κ1) is 20.2. The quantitative estimate of drug-likeness (QED) is 0.521. The maximum Gasteiger partial charge on any atom is 0.293 e. The molecule has 2 aromatic heterocycles. The van der Waals surface area contributed by atoms with Crippen LogP contribution in [0.5, 0.6) is 0 Å². The predicted molar refractivity (Wildman–Crippen MR) is 124 cm³/mol. The zero-order valence-corrected chi connectivity index (χ0v) is 18.4. The molecule has 7 nitrogen and oxygen atoms in total. The number of aryl methyl sites for hydroxylation is 3. The highest BCUT2D eigenvalue weighted by molar-refractivity contribution is 5.91. The van der Waals surface area contributed by atoms with E-state index in [0.717, 1.165) is 52.0 Å². The lowest BCUT2D eigenvalue weighted by Crippen LogP contribution is -2.31. The van der Waals surface area contributed by atoms with Gasteiger partial charge in [0.25, 0.3) is 5.56 Å². The highest BCUT2D eigenvalue weighted by Gasteiger charge is 2.30. The topological polar surface area (TPSA) is 81.8 Å². The van der Waals surface area contributed by atoms with Gasteiger partial charge < -0.3 is 5.32 Å². The molecule has 4 aromatic rings. The van der Waals surface area contributed by atoms with Gasteiger partial charge in [-0.05, 0) is 56.9 Å². The Morgan fingerprint density at radius 3 is 2.59 bits per heavy atom. The van der Waals surface area contributed by atoms with E-state index < -0.39 is 0 Å². The molecule has 7 heteroatoms. The van der Waals surface area contributed by atoms with Crippen LogP contribution in [0, 0.1) is 20.8 Å². The third kappa shape index (κ3) is 3.60. The Morgan fingerprint density at radius 2 is 1.88 bits per heavy atom. The molecule has 0 saturated heterocycles. The van der Waals surface area contributed by atoms with Crippen LogP contribution in [0.4, 0.5) is 5.69 Å². The van der Waals surface area contributed by atoms with E-state index in [1.54, 1.807) is 10.9 Å². The third-order valence-corrected chi connectivity index (χ3v) is 5.97. The number of nitrogens with one attached hydrogen (secondary N) is 1. The Labute approximate surface area is 185 Å². The van der Waals surface area contributed by atoms with Gasteiger partial charge in [-0.1, -0.05) is 35.9 Å². The smallest absolute Gasteiger partial charge is 0.293 e. The van der Waals surface area contributed by atoms with Gasteiger partial charge in [-0.3, -0.25) is 9.59 Å². The summed E-state index contributed by atoms with van der Waals surface area (Å²) in [4.78, 5) is 26.3. The zero-order chi connectivity index (χ0) is 22.4. The Balaban J connectivity index is 1.57. The monoisotopic (exact) mass is 427 g/mol. The lowest BCUT2D eigenvalue weighted by Gasteiger charge is -2.12. The fourth-order valence-electron chi connectivity index (χ4n) is 4.12. The van der Waals surface area contributed by atoms with Gasteiger partial charge in [-0.15, -0.1) is 0 Å². The molecule has 32 heavy (non-hydrogen) atoms. The van der Waals surface area contributed by atoms with Crippen molar-refractivity contribution in [2.75, 3.05) is 5.32 Å². The molecule has 0 bridgehead atoms. The average Bonchev–Trinajstić information content (AvgIpc) is 3.51. The van der Waals surface area contributed by atoms with Crippen molar-refractivity contribution in [3.05, 3.63) is 81.4 Å². The van der Waals surface area contributed by atoms with Gasteiger partial charge in [0.05, 0.1) is 17.6 Å². The summed E-state index contributed by atoms with van der Waals surface area (Å²) >= 11 is 0. The van der Waals surface area contributed by atoms with Crippen LogP contribution < -0.4 is 10.9 Å². The first-order chi connectivity index (χ1) is 15.4. The molecule has 1 saturated carbocycles. The number of anilines is 1. The molecule has 0 aliphatic heterocycles. The van der Waals surface area contributed by atoms with Gasteiger partial charge in [0, 0.05) is 17.0 Å². The molecule has 1 N–H and O–H groups in total. The Hall–Kier alpha value is -3.74. The summed E-state index contributed by atoms with van der Waals surface area (Å²) in [6.07, 6.45) is 3.79. The van der Waals surface area contributed by atoms with Gasteiger partial charge in [0.2, 0.25) is 5.91 Å². The highest BCUT2D eigenvalue weighted by Crippen LogP contribution is 2.41. The van der Waals surface area contributed by atoms with E-state index >= 15 is 0 Å². The maximum absolute atomic E-state index is 13.4. The molecule has 0 radical (unpaired) electrons. The van der Waals surface area contributed by atoms with E-state index in [-0.39, 0.29) is 18.0 Å². The number of carbonyl (C=O) groups is 1. The molecule has 2 aromatic carbocycles. The van der Waals surface area contributed by atoms with E-state index in [1.807, 2.05) is 63.2 Å². The van der Waals surface area contributed by atoms with E-state index in [9.17, 15) is 9.59 Å². The Kier molecular flexibility index (Phi) is 4.89. The van der Waals surface area contributed by atoms with Crippen molar-refractivity contribution in [2.45, 2.75) is 46.1 Å². The Bertz CT molecular complexity index is 1410. The number of fused-ring (bicyclic) bond motifs is 1. The summed E-state index contributed by atoms with van der Waals surface area (Å²) in [5.74, 6) is 0.0240. The van der Waals surface area contributed by atoms with Crippen molar-refractivity contribution >= 4 is 22.5 Å². The minimum Gasteiger partial charge on any atom is -0.324 e. The number of rotatable bonds is 5. The molecule has 162 valence electrons. The van der Waals surface area contributed by atoms with Crippen molar-refractivity contribution in [1.29, 1.82) is 0 Å². The van der Waals surface area contributed by atoms with E-state index in [4.69, 9.17) is 0 Å². The van der Waals surface area contributed by atoms with Gasteiger partial charge in [0.1, 0.15) is 12.1 Å². The first-order valence-corrected chi connectivity index (χ1v) is 10.8. The van der Waals surface area contributed by atoms with Crippen LogP contribution in [0.25, 0.3) is 16.6 Å². The minimum atomic E-state index is -0.319. The number of carbonyl (C=O) groups excluding carboxylic acids is 1. The lowest BCUT2D eigenvalue weighted by atomic mass is 10.1. The van der Waals surface area contributed by atoms with Crippen molar-refractivity contribution in [2.24, 2.45) is 0 Å². The first-order valence-electron chi connectivity index (χ1n) is 10.8. The molecular formula is C25H25N5O2. The number of amides is 1. The normalized spacial score (nSPS) is 13.5. The van der Waals surface area contributed by atoms with E-state index in [1.165, 1.54) is 4.68 Å². The summed E-state index contributed by atoms with van der Waals surface area (Å²) < 4.78 is 2.96. The van der Waals surface area contributed by atoms with Crippen molar-refractivity contribution in [1.82, 2.24) is 19.6 Å². The van der Waals surface area contributed by atoms with Crippen LogP contribution in [0.2, 0.25) is 0 Å². The molecule has 0 atom stereocenters.